The van der Waals surface area contributed by atoms with Crippen LogP contribution >= 0.6 is 0 Å². The summed E-state index contributed by atoms with van der Waals surface area (Å²) in [7, 11) is 4.90. The second-order valence-corrected chi connectivity index (χ2v) is 11.8. The van der Waals surface area contributed by atoms with Gasteiger partial charge in [0.1, 0.15) is 23.7 Å². The van der Waals surface area contributed by atoms with E-state index in [0.717, 1.165) is 51.4 Å². The molecule has 0 spiro atoms. The molecular weight excluding hydrogens is 622 g/mol. The molecule has 0 unspecified atom stereocenters. The molecule has 0 saturated carbocycles. The van der Waals surface area contributed by atoms with E-state index in [2.05, 4.69) is 41.3 Å². The molecule has 0 aliphatic carbocycles. The summed E-state index contributed by atoms with van der Waals surface area (Å²) in [6.07, 6.45) is 14.4. The first kappa shape index (κ1) is 36.5. The number of aryl methyl sites for hydroxylation is 1. The Morgan fingerprint density at radius 1 is 0.816 bits per heavy atom. The first-order valence-corrected chi connectivity index (χ1v) is 16.9. The molecule has 2 amide bonds. The van der Waals surface area contributed by atoms with Gasteiger partial charge in [0.25, 0.3) is 11.8 Å². The molecule has 0 radical (unpaired) electrons. The molecular formula is C36H47N9O4. The maximum atomic E-state index is 12.7. The number of ether oxygens (including phenoxy) is 1. The molecule has 0 bridgehead atoms. The monoisotopic (exact) mass is 669 g/mol. The molecule has 49 heavy (non-hydrogen) atoms. The topological polar surface area (TPSA) is 165 Å². The van der Waals surface area contributed by atoms with Crippen molar-refractivity contribution in [2.24, 2.45) is 7.05 Å². The van der Waals surface area contributed by atoms with E-state index in [1.807, 2.05) is 25.1 Å². The molecule has 1 aromatic carbocycles. The van der Waals surface area contributed by atoms with Crippen LogP contribution in [0.25, 0.3) is 11.4 Å². The molecule has 0 aliphatic heterocycles. The number of carbonyl (C=O) groups is 3. The normalized spacial score (nSPS) is 10.8. The lowest BCUT2D eigenvalue weighted by Crippen LogP contribution is -2.24. The predicted molar refractivity (Wildman–Crippen MR) is 191 cm³/mol. The van der Waals surface area contributed by atoms with E-state index < -0.39 is 0 Å². The minimum Gasteiger partial charge on any atom is -0.494 e. The van der Waals surface area contributed by atoms with Gasteiger partial charge in [-0.15, -0.1) is 0 Å². The number of nitrogens with one attached hydrogen (secondary N) is 4. The number of benzene rings is 1. The summed E-state index contributed by atoms with van der Waals surface area (Å²) in [5.74, 6) is 1.83. The summed E-state index contributed by atoms with van der Waals surface area (Å²) < 4.78 is 7.34. The van der Waals surface area contributed by atoms with Crippen LogP contribution in [0.3, 0.4) is 0 Å². The van der Waals surface area contributed by atoms with Gasteiger partial charge in [0.05, 0.1) is 35.2 Å². The molecule has 13 heteroatoms. The number of nitrogens with zero attached hydrogens (tertiary/aromatic N) is 5. The van der Waals surface area contributed by atoms with Crippen LogP contribution in [0.5, 0.6) is 5.75 Å². The van der Waals surface area contributed by atoms with Crippen LogP contribution in [-0.4, -0.2) is 63.0 Å². The van der Waals surface area contributed by atoms with Gasteiger partial charge < -0.3 is 26.0 Å². The highest BCUT2D eigenvalue weighted by atomic mass is 16.5. The number of Topliss-reactive ketones (excluding diaryl/α,β-unsaturated/α-hetero) is 1. The van der Waals surface area contributed by atoms with Crippen LogP contribution in [0.4, 0.5) is 23.0 Å². The van der Waals surface area contributed by atoms with Crippen LogP contribution in [-0.2, 0) is 11.8 Å². The summed E-state index contributed by atoms with van der Waals surface area (Å²) in [5.41, 5.74) is 2.57. The second-order valence-electron chi connectivity index (χ2n) is 11.8. The fraction of sp³-hybridized carbons (Fsp3) is 0.417. The number of anilines is 4. The van der Waals surface area contributed by atoms with E-state index in [-0.39, 0.29) is 11.8 Å². The van der Waals surface area contributed by atoms with Gasteiger partial charge in [-0.25, -0.2) is 15.0 Å². The summed E-state index contributed by atoms with van der Waals surface area (Å²) >= 11 is 0. The number of hydrogen-bond donors (Lipinski definition) is 4. The predicted octanol–water partition coefficient (Wildman–Crippen LogP) is 6.35. The Balaban J connectivity index is 1.31. The Labute approximate surface area is 287 Å². The third-order valence-electron chi connectivity index (χ3n) is 7.93. The van der Waals surface area contributed by atoms with Gasteiger partial charge in [-0.05, 0) is 43.5 Å². The highest BCUT2D eigenvalue weighted by molar-refractivity contribution is 6.01. The van der Waals surface area contributed by atoms with Gasteiger partial charge >= 0.3 is 0 Å². The molecule has 0 fully saturated rings. The number of amides is 2. The lowest BCUT2D eigenvalue weighted by atomic mass is 10.1. The number of pyridine rings is 2. The first-order valence-electron chi connectivity index (χ1n) is 16.9. The van der Waals surface area contributed by atoms with Crippen LogP contribution < -0.4 is 26.0 Å². The van der Waals surface area contributed by atoms with Crippen molar-refractivity contribution in [1.82, 2.24) is 35.4 Å². The highest BCUT2D eigenvalue weighted by Crippen LogP contribution is 2.37. The Hall–Kier alpha value is -5.33. The molecule has 4 N–H and O–H groups in total. The quantitative estimate of drug-likeness (QED) is 0.0780. The average molecular weight is 670 g/mol. The van der Waals surface area contributed by atoms with Gasteiger partial charge in [-0.2, -0.15) is 5.10 Å². The zero-order valence-electron chi connectivity index (χ0n) is 28.8. The molecule has 0 atom stereocenters. The number of carbonyl (C=O) groups excluding carboxylic acids is 3. The van der Waals surface area contributed by atoms with Crippen molar-refractivity contribution < 1.29 is 19.1 Å². The summed E-state index contributed by atoms with van der Waals surface area (Å²) in [6, 6.07) is 10.7. The first-order chi connectivity index (χ1) is 23.8. The minimum atomic E-state index is -0.316. The van der Waals surface area contributed by atoms with E-state index in [1.54, 1.807) is 50.4 Å². The zero-order chi connectivity index (χ0) is 35.0. The third kappa shape index (κ3) is 10.8. The zero-order valence-corrected chi connectivity index (χ0v) is 28.8. The number of ketones is 1. The van der Waals surface area contributed by atoms with Gasteiger partial charge in [-0.1, -0.05) is 45.1 Å². The van der Waals surface area contributed by atoms with Crippen molar-refractivity contribution in [3.8, 4) is 17.1 Å². The number of aromatic nitrogens is 5. The Kier molecular flexibility index (Phi) is 14.1. The SMILES string of the molecule is CCCC(=O)CCCCCCCCCNC(=O)c1ccc(Nc2cc(Nc3cccc(-c4ncn(C)n4)c3OC)c(C(=O)NC)cn2)nc1. The molecule has 4 rings (SSSR count). The van der Waals surface area contributed by atoms with Crippen molar-refractivity contribution in [3.63, 3.8) is 0 Å². The fourth-order valence-electron chi connectivity index (χ4n) is 5.35. The van der Waals surface area contributed by atoms with E-state index in [0.29, 0.717) is 76.4 Å². The van der Waals surface area contributed by atoms with E-state index in [4.69, 9.17) is 4.74 Å². The van der Waals surface area contributed by atoms with Gasteiger partial charge in [-0.3, -0.25) is 19.1 Å². The molecule has 260 valence electrons. The van der Waals surface area contributed by atoms with Crippen molar-refractivity contribution in [2.45, 2.75) is 71.1 Å². The average Bonchev–Trinajstić information content (AvgIpc) is 3.55. The molecule has 13 nitrogen and oxygen atoms in total. The second kappa shape index (κ2) is 18.9. The minimum absolute atomic E-state index is 0.174. The summed E-state index contributed by atoms with van der Waals surface area (Å²) in [6.45, 7) is 2.65. The summed E-state index contributed by atoms with van der Waals surface area (Å²) in [5, 5.41) is 16.5. The van der Waals surface area contributed by atoms with Crippen LogP contribution in [0.2, 0.25) is 0 Å². The summed E-state index contributed by atoms with van der Waals surface area (Å²) in [4.78, 5) is 50.1. The maximum absolute atomic E-state index is 12.7. The number of rotatable bonds is 20. The maximum Gasteiger partial charge on any atom is 0.254 e. The Bertz CT molecular complexity index is 1690. The number of para-hydroxylation sites is 1. The van der Waals surface area contributed by atoms with Gasteiger partial charge in [0, 0.05) is 51.9 Å². The van der Waals surface area contributed by atoms with E-state index in [9.17, 15) is 14.4 Å². The van der Waals surface area contributed by atoms with Crippen LogP contribution in [0.15, 0.2) is 55.1 Å². The van der Waals surface area contributed by atoms with Crippen molar-refractivity contribution in [1.29, 1.82) is 0 Å². The van der Waals surface area contributed by atoms with Crippen molar-refractivity contribution >= 4 is 40.6 Å². The molecule has 3 aromatic heterocycles. The molecule has 3 heterocycles. The highest BCUT2D eigenvalue weighted by Gasteiger charge is 2.18. The van der Waals surface area contributed by atoms with Gasteiger partial charge in [0.2, 0.25) is 0 Å². The van der Waals surface area contributed by atoms with Crippen LogP contribution in [0, 0.1) is 0 Å². The Morgan fingerprint density at radius 2 is 1.57 bits per heavy atom. The van der Waals surface area contributed by atoms with E-state index >= 15 is 0 Å². The fourth-order valence-corrected chi connectivity index (χ4v) is 5.35. The van der Waals surface area contributed by atoms with Crippen molar-refractivity contribution in [2.75, 3.05) is 31.3 Å². The number of hydrogen-bond acceptors (Lipinski definition) is 10. The molecule has 0 aliphatic rings. The lowest BCUT2D eigenvalue weighted by molar-refractivity contribution is -0.119. The largest absolute Gasteiger partial charge is 0.494 e. The van der Waals surface area contributed by atoms with Crippen molar-refractivity contribution in [3.05, 3.63) is 66.2 Å². The number of methoxy groups -OCH3 is 1. The third-order valence-corrected chi connectivity index (χ3v) is 7.93. The molecule has 4 aromatic rings. The van der Waals surface area contributed by atoms with E-state index in [1.165, 1.54) is 12.4 Å². The number of unbranched alkanes of at least 4 members (excludes halogenated alkanes) is 6. The smallest absolute Gasteiger partial charge is 0.254 e. The standard InChI is InChI=1S/C36H47N9O4/c1-5-14-26(46)15-11-9-7-6-8-10-12-20-38-35(47)25-18-19-31(39-22-25)43-32-21-30(28(23-40-32)36(48)37-2)42-29-17-13-16-27(33(29)49-4)34-41-24-45(3)44-34/h13,16-19,21-24H,5-12,14-15,20H2,1-4H3,(H,37,48)(H,38,47)(H2,39,40,42,43). The lowest BCUT2D eigenvalue weighted by Gasteiger charge is -2.17. The Morgan fingerprint density at radius 3 is 2.24 bits per heavy atom. The van der Waals surface area contributed by atoms with Gasteiger partial charge in [0.15, 0.2) is 11.6 Å². The van der Waals surface area contributed by atoms with Crippen LogP contribution in [0.1, 0.15) is 91.8 Å². The molecule has 0 saturated heterocycles.